The highest BCUT2D eigenvalue weighted by Gasteiger charge is 2.17. The molecule has 3 aromatic rings. The summed E-state index contributed by atoms with van der Waals surface area (Å²) in [5, 5.41) is 11.7. The van der Waals surface area contributed by atoms with Crippen LogP contribution in [0.2, 0.25) is 0 Å². The van der Waals surface area contributed by atoms with Crippen LogP contribution in [0.1, 0.15) is 33.2 Å². The maximum atomic E-state index is 13.0. The van der Waals surface area contributed by atoms with Crippen molar-refractivity contribution < 1.29 is 29.0 Å². The molecular formula is C25H19BrN2O6. The van der Waals surface area contributed by atoms with Gasteiger partial charge in [-0.1, -0.05) is 34.1 Å². The van der Waals surface area contributed by atoms with Gasteiger partial charge in [-0.05, 0) is 60.2 Å². The third-order valence-electron chi connectivity index (χ3n) is 4.52. The number of anilines is 1. The molecule has 0 saturated carbocycles. The normalized spacial score (nSPS) is 10.9. The van der Waals surface area contributed by atoms with Gasteiger partial charge in [-0.2, -0.15) is 0 Å². The zero-order valence-electron chi connectivity index (χ0n) is 17.9. The molecule has 34 heavy (non-hydrogen) atoms. The molecule has 172 valence electrons. The number of rotatable bonds is 7. The molecule has 0 fully saturated rings. The molecule has 0 aliphatic carbocycles. The highest BCUT2D eigenvalue weighted by molar-refractivity contribution is 9.10. The molecule has 3 aromatic carbocycles. The maximum Gasteiger partial charge on any atom is 0.335 e. The van der Waals surface area contributed by atoms with E-state index < -0.39 is 23.8 Å². The first-order valence-electron chi connectivity index (χ1n) is 10.0. The SMILES string of the molecule is CC(=O)Oc1ccc(CC(=NC(=O)c2cccc(Br)c2)C(=O)Nc2ccc(C(=O)O)cc2)cc1. The second kappa shape index (κ2) is 11.2. The van der Waals surface area contributed by atoms with Gasteiger partial charge in [-0.15, -0.1) is 0 Å². The first-order valence-corrected chi connectivity index (χ1v) is 10.8. The highest BCUT2D eigenvalue weighted by atomic mass is 79.9. The van der Waals surface area contributed by atoms with Gasteiger partial charge in [0.1, 0.15) is 11.5 Å². The first kappa shape index (κ1) is 24.5. The van der Waals surface area contributed by atoms with Gasteiger partial charge in [0.05, 0.1) is 5.56 Å². The van der Waals surface area contributed by atoms with E-state index in [1.807, 2.05) is 0 Å². The Bertz CT molecular complexity index is 1270. The number of nitrogens with one attached hydrogen (secondary N) is 1. The molecular weight excluding hydrogens is 504 g/mol. The Labute approximate surface area is 203 Å². The summed E-state index contributed by atoms with van der Waals surface area (Å²) in [6.45, 7) is 1.29. The van der Waals surface area contributed by atoms with Gasteiger partial charge in [0.25, 0.3) is 11.8 Å². The average Bonchev–Trinajstić information content (AvgIpc) is 2.79. The van der Waals surface area contributed by atoms with Crippen molar-refractivity contribution in [2.45, 2.75) is 13.3 Å². The second-order valence-corrected chi connectivity index (χ2v) is 8.04. The summed E-state index contributed by atoms with van der Waals surface area (Å²) in [7, 11) is 0. The molecule has 0 aliphatic heterocycles. The molecule has 2 amide bonds. The number of halogens is 1. The largest absolute Gasteiger partial charge is 0.478 e. The molecule has 0 unspecified atom stereocenters. The minimum absolute atomic E-state index is 0.0269. The molecule has 8 nitrogen and oxygen atoms in total. The van der Waals surface area contributed by atoms with Crippen LogP contribution in [0.25, 0.3) is 0 Å². The number of aromatic carboxylic acids is 1. The van der Waals surface area contributed by atoms with Crippen molar-refractivity contribution >= 4 is 51.1 Å². The number of esters is 1. The molecule has 0 aliphatic rings. The van der Waals surface area contributed by atoms with Crippen LogP contribution < -0.4 is 10.1 Å². The molecule has 9 heteroatoms. The summed E-state index contributed by atoms with van der Waals surface area (Å²) in [6.07, 6.45) is 0.0269. The molecule has 0 radical (unpaired) electrons. The number of benzene rings is 3. The number of ether oxygens (including phenoxy) is 1. The minimum Gasteiger partial charge on any atom is -0.478 e. The minimum atomic E-state index is -1.09. The first-order chi connectivity index (χ1) is 16.2. The standard InChI is InChI=1S/C25H19BrN2O6/c1-15(29)34-21-11-5-16(6-12-21)13-22(28-23(30)18-3-2-4-19(26)14-18)24(31)27-20-9-7-17(8-10-20)25(32)33/h2-12,14H,13H2,1H3,(H,27,31)(H,32,33). The lowest BCUT2D eigenvalue weighted by atomic mass is 10.1. The molecule has 0 atom stereocenters. The second-order valence-electron chi connectivity index (χ2n) is 7.12. The van der Waals surface area contributed by atoms with Crippen molar-refractivity contribution in [3.05, 3.63) is 94.0 Å². The van der Waals surface area contributed by atoms with Crippen LogP contribution in [0.5, 0.6) is 5.75 Å². The van der Waals surface area contributed by atoms with E-state index in [1.54, 1.807) is 48.5 Å². The molecule has 0 aromatic heterocycles. The van der Waals surface area contributed by atoms with Crippen LogP contribution in [0.3, 0.4) is 0 Å². The third kappa shape index (κ3) is 6.94. The Morgan fingerprint density at radius 2 is 1.62 bits per heavy atom. The molecule has 0 heterocycles. The summed E-state index contributed by atoms with van der Waals surface area (Å²) >= 11 is 3.31. The highest BCUT2D eigenvalue weighted by Crippen LogP contribution is 2.16. The Hall–Kier alpha value is -4.11. The fourth-order valence-corrected chi connectivity index (χ4v) is 3.31. The number of aliphatic imine (C=N–C) groups is 1. The van der Waals surface area contributed by atoms with Gasteiger partial charge in [0, 0.05) is 29.1 Å². The van der Waals surface area contributed by atoms with Crippen LogP contribution >= 0.6 is 15.9 Å². The van der Waals surface area contributed by atoms with Crippen LogP contribution in [0.4, 0.5) is 5.69 Å². The Balaban J connectivity index is 1.87. The number of carboxylic acids is 1. The molecule has 2 N–H and O–H groups in total. The van der Waals surface area contributed by atoms with Crippen LogP contribution in [0.15, 0.2) is 82.3 Å². The number of carboxylic acid groups (broad SMARTS) is 1. The monoisotopic (exact) mass is 522 g/mol. The van der Waals surface area contributed by atoms with Gasteiger partial charge in [-0.3, -0.25) is 14.4 Å². The van der Waals surface area contributed by atoms with Gasteiger partial charge in [0.15, 0.2) is 0 Å². The van der Waals surface area contributed by atoms with E-state index in [1.165, 1.54) is 31.2 Å². The Morgan fingerprint density at radius 1 is 0.941 bits per heavy atom. The fourth-order valence-electron chi connectivity index (χ4n) is 2.91. The molecule has 0 saturated heterocycles. The number of hydrogen-bond donors (Lipinski definition) is 2. The van der Waals surface area contributed by atoms with Crippen molar-refractivity contribution in [1.29, 1.82) is 0 Å². The Morgan fingerprint density at radius 3 is 2.21 bits per heavy atom. The van der Waals surface area contributed by atoms with E-state index in [0.717, 1.165) is 0 Å². The number of carbonyl (C=O) groups excluding carboxylic acids is 3. The summed E-state index contributed by atoms with van der Waals surface area (Å²) in [6, 6.07) is 18.7. The predicted molar refractivity (Wildman–Crippen MR) is 129 cm³/mol. The third-order valence-corrected chi connectivity index (χ3v) is 5.01. The lowest BCUT2D eigenvalue weighted by molar-refractivity contribution is -0.131. The van der Waals surface area contributed by atoms with Crippen LogP contribution in [-0.2, 0) is 16.0 Å². The van der Waals surface area contributed by atoms with Crippen LogP contribution in [0, 0.1) is 0 Å². The van der Waals surface area contributed by atoms with E-state index in [0.29, 0.717) is 27.0 Å². The number of carbonyl (C=O) groups is 4. The molecule has 0 spiro atoms. The fraction of sp³-hybridized carbons (Fsp3) is 0.0800. The lowest BCUT2D eigenvalue weighted by Gasteiger charge is -2.10. The van der Waals surface area contributed by atoms with E-state index in [2.05, 4.69) is 26.2 Å². The average molecular weight is 523 g/mol. The van der Waals surface area contributed by atoms with E-state index in [4.69, 9.17) is 9.84 Å². The zero-order chi connectivity index (χ0) is 24.7. The lowest BCUT2D eigenvalue weighted by Crippen LogP contribution is -2.26. The summed E-state index contributed by atoms with van der Waals surface area (Å²) < 4.78 is 5.71. The summed E-state index contributed by atoms with van der Waals surface area (Å²) in [5.41, 5.74) is 1.34. The number of hydrogen-bond acceptors (Lipinski definition) is 5. The Kier molecular flexibility index (Phi) is 8.05. The summed E-state index contributed by atoms with van der Waals surface area (Å²) in [5.74, 6) is -2.40. The smallest absolute Gasteiger partial charge is 0.335 e. The van der Waals surface area contributed by atoms with Crippen molar-refractivity contribution in [3.8, 4) is 5.75 Å². The number of amides is 2. The van der Waals surface area contributed by atoms with E-state index >= 15 is 0 Å². The number of nitrogens with zero attached hydrogens (tertiary/aromatic N) is 1. The van der Waals surface area contributed by atoms with E-state index in [-0.39, 0.29) is 17.7 Å². The molecule has 3 rings (SSSR count). The summed E-state index contributed by atoms with van der Waals surface area (Å²) in [4.78, 5) is 51.9. The van der Waals surface area contributed by atoms with Gasteiger partial charge >= 0.3 is 11.9 Å². The van der Waals surface area contributed by atoms with Gasteiger partial charge < -0.3 is 15.2 Å². The van der Waals surface area contributed by atoms with Gasteiger partial charge in [0.2, 0.25) is 0 Å². The van der Waals surface area contributed by atoms with E-state index in [9.17, 15) is 19.2 Å². The molecule has 0 bridgehead atoms. The predicted octanol–water partition coefficient (Wildman–Crippen LogP) is 4.54. The zero-order valence-corrected chi connectivity index (χ0v) is 19.5. The van der Waals surface area contributed by atoms with Crippen molar-refractivity contribution in [2.24, 2.45) is 4.99 Å². The van der Waals surface area contributed by atoms with Crippen molar-refractivity contribution in [1.82, 2.24) is 0 Å². The van der Waals surface area contributed by atoms with Gasteiger partial charge in [-0.25, -0.2) is 9.79 Å². The van der Waals surface area contributed by atoms with Crippen LogP contribution in [-0.4, -0.2) is 34.6 Å². The van der Waals surface area contributed by atoms with Crippen molar-refractivity contribution in [2.75, 3.05) is 5.32 Å². The van der Waals surface area contributed by atoms with Crippen molar-refractivity contribution in [3.63, 3.8) is 0 Å². The maximum absolute atomic E-state index is 13.0. The topological polar surface area (TPSA) is 122 Å². The quantitative estimate of drug-likeness (QED) is 0.267.